The highest BCUT2D eigenvalue weighted by molar-refractivity contribution is 9.10. The summed E-state index contributed by atoms with van der Waals surface area (Å²) < 4.78 is 6.71. The number of halogens is 1. The normalized spacial score (nSPS) is 10.3. The van der Waals surface area contributed by atoms with Crippen molar-refractivity contribution in [2.24, 2.45) is 0 Å². The summed E-state index contributed by atoms with van der Waals surface area (Å²) in [6, 6.07) is 18.5. The van der Waals surface area contributed by atoms with Gasteiger partial charge in [0.05, 0.1) is 10.0 Å². The number of aromatic nitrogens is 1. The van der Waals surface area contributed by atoms with Crippen LogP contribution in [0.25, 0.3) is 0 Å². The summed E-state index contributed by atoms with van der Waals surface area (Å²) in [5.74, 6) is 1.44. The lowest BCUT2D eigenvalue weighted by atomic mass is 10.2. The van der Waals surface area contributed by atoms with Gasteiger partial charge in [-0.05, 0) is 57.9 Å². The van der Waals surface area contributed by atoms with Gasteiger partial charge in [0.15, 0.2) is 0 Å². The van der Waals surface area contributed by atoms with Crippen molar-refractivity contribution in [3.05, 3.63) is 82.5 Å². The molecule has 0 bridgehead atoms. The van der Waals surface area contributed by atoms with Crippen LogP contribution in [-0.2, 0) is 6.54 Å². The van der Waals surface area contributed by atoms with E-state index in [4.69, 9.17) is 10.5 Å². The van der Waals surface area contributed by atoms with E-state index in [1.54, 1.807) is 18.3 Å². The molecule has 5 nitrogen and oxygen atoms in total. The van der Waals surface area contributed by atoms with Crippen molar-refractivity contribution in [1.82, 2.24) is 10.3 Å². The van der Waals surface area contributed by atoms with Gasteiger partial charge in [-0.1, -0.05) is 24.3 Å². The number of hydrogen-bond donors (Lipinski definition) is 2. The Bertz CT molecular complexity index is 882. The van der Waals surface area contributed by atoms with Crippen LogP contribution >= 0.6 is 15.9 Å². The molecule has 0 saturated heterocycles. The Kier molecular flexibility index (Phi) is 5.30. The minimum absolute atomic E-state index is 0.220. The largest absolute Gasteiger partial charge is 0.456 e. The lowest BCUT2D eigenvalue weighted by molar-refractivity contribution is 0.0951. The summed E-state index contributed by atoms with van der Waals surface area (Å²) in [5.41, 5.74) is 7.03. The van der Waals surface area contributed by atoms with Crippen molar-refractivity contribution in [2.45, 2.75) is 6.54 Å². The summed E-state index contributed by atoms with van der Waals surface area (Å²) in [5, 5.41) is 2.83. The van der Waals surface area contributed by atoms with Gasteiger partial charge in [-0.25, -0.2) is 4.98 Å². The first-order chi connectivity index (χ1) is 12.1. The van der Waals surface area contributed by atoms with E-state index in [1.165, 1.54) is 0 Å². The van der Waals surface area contributed by atoms with Crippen LogP contribution in [0.2, 0.25) is 0 Å². The third-order valence-electron chi connectivity index (χ3n) is 3.52. The standard InChI is InChI=1S/C19H16BrN3O2/c20-16-5-1-2-6-17(16)25-14-9-7-13(8-10-14)12-23-19(24)15-4-3-11-22-18(15)21/h1-11H,12H2,(H2,21,22)(H,23,24). The topological polar surface area (TPSA) is 77.2 Å². The van der Waals surface area contributed by atoms with Gasteiger partial charge in [-0.3, -0.25) is 4.79 Å². The van der Waals surface area contributed by atoms with Crippen LogP contribution < -0.4 is 15.8 Å². The molecule has 126 valence electrons. The first kappa shape index (κ1) is 17.0. The number of hydrogen-bond acceptors (Lipinski definition) is 4. The summed E-state index contributed by atoms with van der Waals surface area (Å²) in [4.78, 5) is 16.0. The second-order valence-electron chi connectivity index (χ2n) is 5.30. The molecule has 0 spiro atoms. The molecular formula is C19H16BrN3O2. The maximum absolute atomic E-state index is 12.1. The average Bonchev–Trinajstić information content (AvgIpc) is 2.63. The van der Waals surface area contributed by atoms with Crippen molar-refractivity contribution in [1.29, 1.82) is 0 Å². The van der Waals surface area contributed by atoms with Crippen LogP contribution in [0.15, 0.2) is 71.3 Å². The molecule has 1 heterocycles. The van der Waals surface area contributed by atoms with Gasteiger partial charge >= 0.3 is 0 Å². The minimum Gasteiger partial charge on any atom is -0.456 e. The first-order valence-corrected chi connectivity index (χ1v) is 8.43. The molecule has 0 unspecified atom stereocenters. The second kappa shape index (κ2) is 7.81. The molecule has 0 fully saturated rings. The van der Waals surface area contributed by atoms with Crippen LogP contribution in [0.5, 0.6) is 11.5 Å². The fraction of sp³-hybridized carbons (Fsp3) is 0.0526. The second-order valence-corrected chi connectivity index (χ2v) is 6.15. The minimum atomic E-state index is -0.251. The van der Waals surface area contributed by atoms with Crippen LogP contribution in [-0.4, -0.2) is 10.9 Å². The van der Waals surface area contributed by atoms with E-state index in [9.17, 15) is 4.79 Å². The predicted octanol–water partition coefficient (Wildman–Crippen LogP) is 4.15. The van der Waals surface area contributed by atoms with Crippen LogP contribution in [0, 0.1) is 0 Å². The monoisotopic (exact) mass is 397 g/mol. The van der Waals surface area contributed by atoms with Crippen LogP contribution in [0.3, 0.4) is 0 Å². The number of carbonyl (C=O) groups excluding carboxylic acids is 1. The Morgan fingerprint density at radius 2 is 1.84 bits per heavy atom. The highest BCUT2D eigenvalue weighted by Crippen LogP contribution is 2.29. The Labute approximate surface area is 154 Å². The van der Waals surface area contributed by atoms with Gasteiger partial charge in [0.25, 0.3) is 5.91 Å². The van der Waals surface area contributed by atoms with E-state index < -0.39 is 0 Å². The van der Waals surface area contributed by atoms with E-state index in [-0.39, 0.29) is 11.7 Å². The van der Waals surface area contributed by atoms with Crippen molar-refractivity contribution in [3.8, 4) is 11.5 Å². The first-order valence-electron chi connectivity index (χ1n) is 7.63. The SMILES string of the molecule is Nc1ncccc1C(=O)NCc1ccc(Oc2ccccc2Br)cc1. The third-order valence-corrected chi connectivity index (χ3v) is 4.18. The Hall–Kier alpha value is -2.86. The van der Waals surface area contributed by atoms with E-state index in [2.05, 4.69) is 26.2 Å². The number of carbonyl (C=O) groups is 1. The molecule has 0 aliphatic carbocycles. The maximum atomic E-state index is 12.1. The Morgan fingerprint density at radius 3 is 2.56 bits per heavy atom. The third kappa shape index (κ3) is 4.36. The highest BCUT2D eigenvalue weighted by atomic mass is 79.9. The number of nitrogens with two attached hydrogens (primary N) is 1. The number of nitrogen functional groups attached to an aromatic ring is 1. The number of nitrogens with zero attached hydrogens (tertiary/aromatic N) is 1. The molecule has 3 aromatic rings. The zero-order valence-corrected chi connectivity index (χ0v) is 14.9. The average molecular weight is 398 g/mol. The molecule has 6 heteroatoms. The summed E-state index contributed by atoms with van der Waals surface area (Å²) in [6.07, 6.45) is 1.55. The molecule has 0 radical (unpaired) electrons. The van der Waals surface area contributed by atoms with Crippen molar-refractivity contribution >= 4 is 27.7 Å². The van der Waals surface area contributed by atoms with E-state index >= 15 is 0 Å². The van der Waals surface area contributed by atoms with Crippen molar-refractivity contribution < 1.29 is 9.53 Å². The van der Waals surface area contributed by atoms with Gasteiger partial charge < -0.3 is 15.8 Å². The molecule has 3 N–H and O–H groups in total. The van der Waals surface area contributed by atoms with E-state index in [0.717, 1.165) is 21.5 Å². The number of anilines is 1. The Morgan fingerprint density at radius 1 is 1.08 bits per heavy atom. The molecule has 1 aromatic heterocycles. The quantitative estimate of drug-likeness (QED) is 0.677. The number of amides is 1. The summed E-state index contributed by atoms with van der Waals surface area (Å²) in [6.45, 7) is 0.391. The highest BCUT2D eigenvalue weighted by Gasteiger charge is 2.09. The zero-order chi connectivity index (χ0) is 17.6. The van der Waals surface area contributed by atoms with Crippen molar-refractivity contribution in [3.63, 3.8) is 0 Å². The van der Waals surface area contributed by atoms with E-state index in [1.807, 2.05) is 48.5 Å². The number of para-hydroxylation sites is 1. The number of benzene rings is 2. The fourth-order valence-electron chi connectivity index (χ4n) is 2.22. The van der Waals surface area contributed by atoms with E-state index in [0.29, 0.717) is 12.1 Å². The maximum Gasteiger partial charge on any atom is 0.255 e. The molecule has 0 saturated carbocycles. The number of ether oxygens (including phenoxy) is 1. The molecule has 0 aliphatic heterocycles. The lowest BCUT2D eigenvalue weighted by Crippen LogP contribution is -2.24. The van der Waals surface area contributed by atoms with Crippen molar-refractivity contribution in [2.75, 3.05) is 5.73 Å². The lowest BCUT2D eigenvalue weighted by Gasteiger charge is -2.09. The molecule has 0 aliphatic rings. The molecule has 25 heavy (non-hydrogen) atoms. The van der Waals surface area contributed by atoms with Gasteiger partial charge in [0, 0.05) is 12.7 Å². The summed E-state index contributed by atoms with van der Waals surface area (Å²) in [7, 11) is 0. The summed E-state index contributed by atoms with van der Waals surface area (Å²) >= 11 is 3.45. The van der Waals surface area contributed by atoms with Gasteiger partial charge in [0.1, 0.15) is 17.3 Å². The smallest absolute Gasteiger partial charge is 0.255 e. The Balaban J connectivity index is 1.60. The van der Waals surface area contributed by atoms with Gasteiger partial charge in [-0.2, -0.15) is 0 Å². The molecular weight excluding hydrogens is 382 g/mol. The number of rotatable bonds is 5. The molecule has 3 rings (SSSR count). The van der Waals surface area contributed by atoms with Gasteiger partial charge in [-0.15, -0.1) is 0 Å². The molecule has 0 atom stereocenters. The predicted molar refractivity (Wildman–Crippen MR) is 100 cm³/mol. The number of pyridine rings is 1. The van der Waals surface area contributed by atoms with Gasteiger partial charge in [0.2, 0.25) is 0 Å². The fourth-order valence-corrected chi connectivity index (χ4v) is 2.58. The van der Waals surface area contributed by atoms with Crippen LogP contribution in [0.4, 0.5) is 5.82 Å². The number of nitrogens with one attached hydrogen (secondary N) is 1. The molecule has 1 amide bonds. The zero-order valence-electron chi connectivity index (χ0n) is 13.3. The molecule has 2 aromatic carbocycles. The van der Waals surface area contributed by atoms with Crippen LogP contribution in [0.1, 0.15) is 15.9 Å².